The van der Waals surface area contributed by atoms with Crippen LogP contribution in [0.4, 0.5) is 5.69 Å². The largest absolute Gasteiger partial charge is 0.378 e. The minimum atomic E-state index is -0.564. The van der Waals surface area contributed by atoms with Crippen LogP contribution in [0.3, 0.4) is 0 Å². The molecule has 29 heavy (non-hydrogen) atoms. The summed E-state index contributed by atoms with van der Waals surface area (Å²) in [5, 5.41) is 9.56. The van der Waals surface area contributed by atoms with Gasteiger partial charge in [-0.2, -0.15) is 5.10 Å². The molecule has 3 rings (SSSR count). The number of benzene rings is 2. The van der Waals surface area contributed by atoms with Crippen molar-refractivity contribution in [3.8, 4) is 0 Å². The predicted molar refractivity (Wildman–Crippen MR) is 114 cm³/mol. The number of anilines is 1. The summed E-state index contributed by atoms with van der Waals surface area (Å²) in [7, 11) is 0. The number of hydrogen-bond donors (Lipinski definition) is 3. The number of ketones is 1. The molecule has 0 fully saturated rings. The fourth-order valence-electron chi connectivity index (χ4n) is 3.19. The highest BCUT2D eigenvalue weighted by Gasteiger charge is 2.11. The molecule has 0 aliphatic rings. The molecule has 4 N–H and O–H groups in total. The summed E-state index contributed by atoms with van der Waals surface area (Å²) in [6, 6.07) is 16.1. The van der Waals surface area contributed by atoms with Gasteiger partial charge in [-0.25, -0.2) is 0 Å². The number of nitrogens with two attached hydrogens (primary N) is 1. The van der Waals surface area contributed by atoms with Crippen molar-refractivity contribution in [2.75, 3.05) is 5.32 Å². The van der Waals surface area contributed by atoms with Crippen LogP contribution in [0.5, 0.6) is 0 Å². The SMILES string of the molecule is CC(C)c1ccc(CC(=O)Cc2cccc(CNc3cn[nH]c3C(N)=O)c2)cc1. The van der Waals surface area contributed by atoms with E-state index >= 15 is 0 Å². The standard InChI is InChI=1S/C23H26N4O2/c1-15(2)19-8-6-16(7-9-19)11-20(28)12-17-4-3-5-18(10-17)13-25-21-14-26-27-22(21)23(24)29/h3-10,14-15,25H,11-13H2,1-2H3,(H2,24,29)(H,26,27). The summed E-state index contributed by atoms with van der Waals surface area (Å²) in [4.78, 5) is 23.8. The molecule has 2 aromatic carbocycles. The lowest BCUT2D eigenvalue weighted by atomic mass is 9.98. The molecule has 150 valence electrons. The Balaban J connectivity index is 1.58. The lowest BCUT2D eigenvalue weighted by Gasteiger charge is -2.09. The normalized spacial score (nSPS) is 10.9. The van der Waals surface area contributed by atoms with E-state index in [1.165, 1.54) is 11.8 Å². The van der Waals surface area contributed by atoms with Crippen LogP contribution in [0, 0.1) is 0 Å². The maximum absolute atomic E-state index is 12.5. The van der Waals surface area contributed by atoms with Crippen LogP contribution in [0.15, 0.2) is 54.7 Å². The van der Waals surface area contributed by atoms with E-state index in [9.17, 15) is 9.59 Å². The van der Waals surface area contributed by atoms with Gasteiger partial charge in [0, 0.05) is 19.4 Å². The summed E-state index contributed by atoms with van der Waals surface area (Å²) in [6.45, 7) is 4.81. The second kappa shape index (κ2) is 9.19. The quantitative estimate of drug-likeness (QED) is 0.520. The number of Topliss-reactive ketones (excluding diaryl/α,β-unsaturated/α-hetero) is 1. The number of aromatic amines is 1. The third kappa shape index (κ3) is 5.54. The molecular weight excluding hydrogens is 364 g/mol. The molecule has 0 aliphatic heterocycles. The van der Waals surface area contributed by atoms with E-state index in [4.69, 9.17) is 5.73 Å². The van der Waals surface area contributed by atoms with Gasteiger partial charge in [-0.3, -0.25) is 14.7 Å². The van der Waals surface area contributed by atoms with Crippen molar-refractivity contribution in [2.24, 2.45) is 5.73 Å². The lowest BCUT2D eigenvalue weighted by molar-refractivity contribution is -0.117. The number of primary amides is 1. The third-order valence-electron chi connectivity index (χ3n) is 4.81. The van der Waals surface area contributed by atoms with Crippen LogP contribution in [-0.2, 0) is 24.2 Å². The molecule has 0 aliphatic carbocycles. The number of carbonyl (C=O) groups is 2. The van der Waals surface area contributed by atoms with Gasteiger partial charge in [0.2, 0.25) is 0 Å². The van der Waals surface area contributed by atoms with Gasteiger partial charge in [-0.1, -0.05) is 62.4 Å². The molecule has 3 aromatic rings. The summed E-state index contributed by atoms with van der Waals surface area (Å²) in [5.41, 5.74) is 10.4. The first-order chi connectivity index (χ1) is 13.9. The number of nitrogens with zero attached hydrogens (tertiary/aromatic N) is 1. The highest BCUT2D eigenvalue weighted by Crippen LogP contribution is 2.16. The molecule has 0 bridgehead atoms. The van der Waals surface area contributed by atoms with Crippen molar-refractivity contribution in [1.29, 1.82) is 0 Å². The molecule has 1 aromatic heterocycles. The second-order valence-electron chi connectivity index (χ2n) is 7.48. The maximum atomic E-state index is 12.5. The van der Waals surface area contributed by atoms with Crippen LogP contribution in [0.2, 0.25) is 0 Å². The van der Waals surface area contributed by atoms with Crippen molar-refractivity contribution in [3.05, 3.63) is 82.7 Å². The van der Waals surface area contributed by atoms with Crippen molar-refractivity contribution in [1.82, 2.24) is 10.2 Å². The van der Waals surface area contributed by atoms with Gasteiger partial charge in [-0.15, -0.1) is 0 Å². The van der Waals surface area contributed by atoms with Gasteiger partial charge < -0.3 is 11.1 Å². The fourth-order valence-corrected chi connectivity index (χ4v) is 3.19. The molecule has 1 amide bonds. The first kappa shape index (κ1) is 20.3. The smallest absolute Gasteiger partial charge is 0.268 e. The van der Waals surface area contributed by atoms with Gasteiger partial charge in [0.25, 0.3) is 5.91 Å². The lowest BCUT2D eigenvalue weighted by Crippen LogP contribution is -2.14. The first-order valence-corrected chi connectivity index (χ1v) is 9.67. The fraction of sp³-hybridized carbons (Fsp3) is 0.261. The summed E-state index contributed by atoms with van der Waals surface area (Å²) < 4.78 is 0. The number of amides is 1. The minimum Gasteiger partial charge on any atom is -0.378 e. The Hall–Kier alpha value is -3.41. The zero-order valence-electron chi connectivity index (χ0n) is 16.7. The minimum absolute atomic E-state index is 0.179. The van der Waals surface area contributed by atoms with Gasteiger partial charge in [0.05, 0.1) is 11.9 Å². The number of H-pyrrole nitrogens is 1. The summed E-state index contributed by atoms with van der Waals surface area (Å²) in [6.07, 6.45) is 2.34. The van der Waals surface area contributed by atoms with Gasteiger partial charge >= 0.3 is 0 Å². The van der Waals surface area contributed by atoms with Crippen LogP contribution < -0.4 is 11.1 Å². The predicted octanol–water partition coefficient (Wildman–Crippen LogP) is 3.60. The zero-order valence-corrected chi connectivity index (χ0v) is 16.7. The number of hydrogen-bond acceptors (Lipinski definition) is 4. The van der Waals surface area contributed by atoms with Crippen molar-refractivity contribution in [2.45, 2.75) is 39.2 Å². The molecule has 0 atom stereocenters. The average molecular weight is 390 g/mol. The molecule has 1 heterocycles. The molecule has 0 radical (unpaired) electrons. The van der Waals surface area contributed by atoms with E-state index in [0.717, 1.165) is 16.7 Å². The van der Waals surface area contributed by atoms with Crippen LogP contribution in [0.25, 0.3) is 0 Å². The van der Waals surface area contributed by atoms with Crippen LogP contribution in [0.1, 0.15) is 52.5 Å². The topological polar surface area (TPSA) is 101 Å². The molecule has 6 heteroatoms. The highest BCUT2D eigenvalue weighted by atomic mass is 16.1. The Morgan fingerprint density at radius 3 is 2.41 bits per heavy atom. The van der Waals surface area contributed by atoms with Gasteiger partial charge in [0.15, 0.2) is 0 Å². The molecule has 0 saturated carbocycles. The Morgan fingerprint density at radius 1 is 1.03 bits per heavy atom. The summed E-state index contributed by atoms with van der Waals surface area (Å²) >= 11 is 0. The number of nitrogens with one attached hydrogen (secondary N) is 2. The van der Waals surface area contributed by atoms with Crippen molar-refractivity contribution >= 4 is 17.4 Å². The van der Waals surface area contributed by atoms with Crippen LogP contribution >= 0.6 is 0 Å². The molecule has 6 nitrogen and oxygen atoms in total. The van der Waals surface area contributed by atoms with Gasteiger partial charge in [0.1, 0.15) is 11.5 Å². The monoisotopic (exact) mass is 390 g/mol. The molecule has 0 spiro atoms. The second-order valence-corrected chi connectivity index (χ2v) is 7.48. The van der Waals surface area contributed by atoms with Crippen molar-refractivity contribution < 1.29 is 9.59 Å². The number of carbonyl (C=O) groups excluding carboxylic acids is 2. The molecule has 0 unspecified atom stereocenters. The first-order valence-electron chi connectivity index (χ1n) is 9.67. The Kier molecular flexibility index (Phi) is 6.44. The van der Waals surface area contributed by atoms with E-state index in [-0.39, 0.29) is 11.5 Å². The van der Waals surface area contributed by atoms with E-state index < -0.39 is 5.91 Å². The number of aromatic nitrogens is 2. The van der Waals surface area contributed by atoms with Crippen molar-refractivity contribution in [3.63, 3.8) is 0 Å². The average Bonchev–Trinajstić information content (AvgIpc) is 3.16. The Labute approximate surface area is 170 Å². The van der Waals surface area contributed by atoms with E-state index in [1.54, 1.807) is 0 Å². The molecule has 0 saturated heterocycles. The highest BCUT2D eigenvalue weighted by molar-refractivity contribution is 5.96. The maximum Gasteiger partial charge on any atom is 0.268 e. The number of rotatable bonds is 9. The summed E-state index contributed by atoms with van der Waals surface area (Å²) in [5.74, 6) is 0.0984. The Morgan fingerprint density at radius 2 is 1.72 bits per heavy atom. The van der Waals surface area contributed by atoms with Crippen LogP contribution in [-0.4, -0.2) is 21.9 Å². The molecular formula is C23H26N4O2. The Bertz CT molecular complexity index is 990. The van der Waals surface area contributed by atoms with E-state index in [1.807, 2.05) is 36.4 Å². The van der Waals surface area contributed by atoms with E-state index in [2.05, 4.69) is 41.5 Å². The third-order valence-corrected chi connectivity index (χ3v) is 4.81. The van der Waals surface area contributed by atoms with Gasteiger partial charge in [-0.05, 0) is 28.2 Å². The zero-order chi connectivity index (χ0) is 20.8. The van der Waals surface area contributed by atoms with E-state index in [0.29, 0.717) is 31.0 Å².